The zero-order valence-electron chi connectivity index (χ0n) is 15.8. The van der Waals surface area contributed by atoms with Crippen molar-refractivity contribution in [3.63, 3.8) is 0 Å². The van der Waals surface area contributed by atoms with Crippen LogP contribution in [-0.2, 0) is 13.0 Å². The normalized spacial score (nSPS) is 11.2. The van der Waals surface area contributed by atoms with Crippen LogP contribution in [0.15, 0.2) is 77.5 Å². The Hall–Kier alpha value is -3.78. The van der Waals surface area contributed by atoms with Crippen molar-refractivity contribution in [2.45, 2.75) is 13.0 Å². The summed E-state index contributed by atoms with van der Waals surface area (Å²) in [5, 5.41) is 14.7. The number of carbonyl (C=O) groups excluding carboxylic acids is 1. The molecule has 0 aliphatic rings. The van der Waals surface area contributed by atoms with Gasteiger partial charge in [-0.1, -0.05) is 30.3 Å². The third-order valence-electron chi connectivity index (χ3n) is 4.36. The maximum atomic E-state index is 12.5. The van der Waals surface area contributed by atoms with Crippen molar-refractivity contribution in [3.05, 3.63) is 110 Å². The van der Waals surface area contributed by atoms with Crippen LogP contribution in [0.3, 0.4) is 0 Å². The second-order valence-electron chi connectivity index (χ2n) is 6.58. The van der Waals surface area contributed by atoms with E-state index in [4.69, 9.17) is 4.42 Å². The van der Waals surface area contributed by atoms with Gasteiger partial charge in [-0.25, -0.2) is 0 Å². The summed E-state index contributed by atoms with van der Waals surface area (Å²) in [5.41, 5.74) is 1.13. The minimum atomic E-state index is -0.499. The molecule has 0 amide bonds. The largest absolute Gasteiger partial charge is 0.460 e. The zero-order valence-corrected chi connectivity index (χ0v) is 16.6. The average molecular weight is 419 g/mol. The van der Waals surface area contributed by atoms with E-state index in [1.54, 1.807) is 18.2 Å². The molecule has 30 heavy (non-hydrogen) atoms. The van der Waals surface area contributed by atoms with E-state index in [-0.39, 0.29) is 18.0 Å². The fourth-order valence-corrected chi connectivity index (χ4v) is 3.87. The molecule has 0 saturated heterocycles. The van der Waals surface area contributed by atoms with Crippen LogP contribution >= 0.6 is 11.3 Å². The Morgan fingerprint density at radius 2 is 2.00 bits per heavy atom. The van der Waals surface area contributed by atoms with E-state index in [9.17, 15) is 14.9 Å². The molecule has 8 heteroatoms. The number of hydrogen-bond acceptors (Lipinski definition) is 6. The van der Waals surface area contributed by atoms with Crippen LogP contribution in [0, 0.1) is 10.1 Å². The minimum Gasteiger partial charge on any atom is -0.460 e. The van der Waals surface area contributed by atoms with Crippen LogP contribution < -0.4 is 0 Å². The summed E-state index contributed by atoms with van der Waals surface area (Å²) in [6, 6.07) is 17.4. The molecule has 0 bridgehead atoms. The van der Waals surface area contributed by atoms with Gasteiger partial charge in [-0.05, 0) is 42.0 Å². The van der Waals surface area contributed by atoms with E-state index >= 15 is 0 Å². The molecule has 0 unspecified atom stereocenters. The number of furan rings is 1. The van der Waals surface area contributed by atoms with Crippen LogP contribution in [0.5, 0.6) is 0 Å². The minimum absolute atomic E-state index is 0.0742. The lowest BCUT2D eigenvalue weighted by molar-refractivity contribution is -0.385. The van der Waals surface area contributed by atoms with E-state index in [1.807, 2.05) is 30.3 Å². The highest BCUT2D eigenvalue weighted by Crippen LogP contribution is 2.21. The molecule has 0 saturated carbocycles. The number of aromatic nitrogens is 2. The molecule has 1 aromatic carbocycles. The molecule has 0 aliphatic carbocycles. The Balaban J connectivity index is 1.37. The first-order chi connectivity index (χ1) is 14.6. The summed E-state index contributed by atoms with van der Waals surface area (Å²) in [6.45, 7) is 0.267. The summed E-state index contributed by atoms with van der Waals surface area (Å²) in [6.07, 6.45) is 6.43. The van der Waals surface area contributed by atoms with Crippen LogP contribution in [0.2, 0.25) is 0 Å². The number of nitro groups is 1. The van der Waals surface area contributed by atoms with Crippen LogP contribution in [0.25, 0.3) is 6.08 Å². The first-order valence-corrected chi connectivity index (χ1v) is 9.99. The summed E-state index contributed by atoms with van der Waals surface area (Å²) in [5.74, 6) is 1.03. The molecule has 0 spiro atoms. The Labute approximate surface area is 176 Å². The standard InChI is InChI=1S/C22H17N3O4S/c26-21(22-11-9-20(30-22)12-16-4-2-1-3-5-16)10-8-18-6-7-19(29-18)15-24-14-17(13-23-24)25(27)28/h1-11,13-14H,12,15H2/b10-8+. The number of allylic oxidation sites excluding steroid dienone is 1. The molecular weight excluding hydrogens is 402 g/mol. The van der Waals surface area contributed by atoms with Gasteiger partial charge in [-0.3, -0.25) is 19.6 Å². The highest BCUT2D eigenvalue weighted by molar-refractivity contribution is 7.14. The Bertz CT molecular complexity index is 1200. The molecule has 0 radical (unpaired) electrons. The van der Waals surface area contributed by atoms with Gasteiger partial charge in [0.2, 0.25) is 0 Å². The van der Waals surface area contributed by atoms with Crippen molar-refractivity contribution in [2.75, 3.05) is 0 Å². The first-order valence-electron chi connectivity index (χ1n) is 9.17. The molecule has 0 fully saturated rings. The second kappa shape index (κ2) is 8.71. The number of ketones is 1. The molecule has 3 heterocycles. The van der Waals surface area contributed by atoms with Gasteiger partial charge in [-0.2, -0.15) is 5.10 Å². The van der Waals surface area contributed by atoms with Crippen molar-refractivity contribution in [2.24, 2.45) is 0 Å². The molecular formula is C22H17N3O4S. The average Bonchev–Trinajstić information content (AvgIpc) is 3.49. The van der Waals surface area contributed by atoms with Crippen molar-refractivity contribution in [1.82, 2.24) is 9.78 Å². The molecule has 4 aromatic rings. The summed E-state index contributed by atoms with van der Waals surface area (Å²) in [7, 11) is 0. The highest BCUT2D eigenvalue weighted by Gasteiger charge is 2.11. The van der Waals surface area contributed by atoms with E-state index in [0.29, 0.717) is 16.4 Å². The number of carbonyl (C=O) groups is 1. The van der Waals surface area contributed by atoms with Crippen LogP contribution in [0.4, 0.5) is 5.69 Å². The maximum Gasteiger partial charge on any atom is 0.307 e. The molecule has 0 N–H and O–H groups in total. The number of nitrogens with zero attached hydrogens (tertiary/aromatic N) is 3. The fourth-order valence-electron chi connectivity index (χ4n) is 2.90. The Morgan fingerprint density at radius 3 is 2.77 bits per heavy atom. The Morgan fingerprint density at radius 1 is 1.17 bits per heavy atom. The van der Waals surface area contributed by atoms with E-state index < -0.39 is 4.92 Å². The number of thiophene rings is 1. The van der Waals surface area contributed by atoms with E-state index in [2.05, 4.69) is 17.2 Å². The SMILES string of the molecule is O=C(/C=C/c1ccc(Cn2cc([N+](=O)[O-])cn2)o1)c1ccc(Cc2ccccc2)s1. The van der Waals surface area contributed by atoms with Crippen molar-refractivity contribution < 1.29 is 14.1 Å². The Kier molecular flexibility index (Phi) is 5.67. The molecule has 150 valence electrons. The lowest BCUT2D eigenvalue weighted by Crippen LogP contribution is -1.98. The quantitative estimate of drug-likeness (QED) is 0.174. The number of benzene rings is 1. The third kappa shape index (κ3) is 4.79. The number of rotatable bonds is 8. The van der Waals surface area contributed by atoms with Crippen molar-refractivity contribution >= 4 is 28.9 Å². The predicted molar refractivity (Wildman–Crippen MR) is 114 cm³/mol. The van der Waals surface area contributed by atoms with Crippen molar-refractivity contribution in [1.29, 1.82) is 0 Å². The van der Waals surface area contributed by atoms with Crippen molar-refractivity contribution in [3.8, 4) is 0 Å². The number of hydrogen-bond donors (Lipinski definition) is 0. The summed E-state index contributed by atoms with van der Waals surface area (Å²) < 4.78 is 7.09. The molecule has 0 aliphatic heterocycles. The summed E-state index contributed by atoms with van der Waals surface area (Å²) >= 11 is 1.48. The van der Waals surface area contributed by atoms with Crippen LogP contribution in [-0.4, -0.2) is 20.5 Å². The molecule has 4 rings (SSSR count). The monoisotopic (exact) mass is 419 g/mol. The van der Waals surface area contributed by atoms with E-state index in [0.717, 1.165) is 11.3 Å². The molecule has 0 atom stereocenters. The van der Waals surface area contributed by atoms with E-state index in [1.165, 1.54) is 40.1 Å². The van der Waals surface area contributed by atoms with Gasteiger partial charge in [0.15, 0.2) is 5.78 Å². The second-order valence-corrected chi connectivity index (χ2v) is 7.75. The van der Waals surface area contributed by atoms with Gasteiger partial charge in [0.25, 0.3) is 0 Å². The maximum absolute atomic E-state index is 12.5. The topological polar surface area (TPSA) is 91.2 Å². The van der Waals surface area contributed by atoms with Gasteiger partial charge < -0.3 is 4.42 Å². The van der Waals surface area contributed by atoms with Gasteiger partial charge in [0, 0.05) is 11.3 Å². The van der Waals surface area contributed by atoms with Gasteiger partial charge in [0.05, 0.1) is 16.3 Å². The lowest BCUT2D eigenvalue weighted by atomic mass is 10.1. The molecule has 7 nitrogen and oxygen atoms in total. The fraction of sp³-hybridized carbons (Fsp3) is 0.0909. The highest BCUT2D eigenvalue weighted by atomic mass is 32.1. The van der Waals surface area contributed by atoms with Gasteiger partial charge in [-0.15, -0.1) is 11.3 Å². The predicted octanol–water partition coefficient (Wildman–Crippen LogP) is 4.98. The smallest absolute Gasteiger partial charge is 0.307 e. The van der Waals surface area contributed by atoms with Crippen LogP contribution in [0.1, 0.15) is 31.6 Å². The first kappa shape index (κ1) is 19.5. The van der Waals surface area contributed by atoms with Gasteiger partial charge in [0.1, 0.15) is 23.9 Å². The molecule has 3 aromatic heterocycles. The summed E-state index contributed by atoms with van der Waals surface area (Å²) in [4.78, 5) is 24.5. The zero-order chi connectivity index (χ0) is 20.9. The lowest BCUT2D eigenvalue weighted by Gasteiger charge is -1.97. The van der Waals surface area contributed by atoms with Gasteiger partial charge >= 0.3 is 5.69 Å². The third-order valence-corrected chi connectivity index (χ3v) is 5.46.